The number of nitrogens with one attached hydrogen (secondary N) is 1. The highest BCUT2D eigenvalue weighted by Gasteiger charge is 2.23. The van der Waals surface area contributed by atoms with Gasteiger partial charge < -0.3 is 24.4 Å². The summed E-state index contributed by atoms with van der Waals surface area (Å²) in [6, 6.07) is 5.21. The first-order valence-corrected chi connectivity index (χ1v) is 7.89. The van der Waals surface area contributed by atoms with Crippen molar-refractivity contribution in [2.75, 3.05) is 54.1 Å². The number of hydrogen-bond donors (Lipinski definition) is 1. The fraction of sp³-hybridized carbons (Fsp3) is 0.588. The van der Waals surface area contributed by atoms with Crippen LogP contribution in [0.3, 0.4) is 0 Å². The molecule has 1 saturated heterocycles. The van der Waals surface area contributed by atoms with E-state index in [1.54, 1.807) is 39.5 Å². The van der Waals surface area contributed by atoms with Crippen molar-refractivity contribution in [3.05, 3.63) is 23.8 Å². The molecule has 0 saturated carbocycles. The third-order valence-corrected chi connectivity index (χ3v) is 4.19. The topological polar surface area (TPSA) is 60.0 Å². The lowest BCUT2D eigenvalue weighted by atomic mass is 10.1. The van der Waals surface area contributed by atoms with Crippen LogP contribution >= 0.6 is 0 Å². The van der Waals surface area contributed by atoms with Crippen molar-refractivity contribution in [2.24, 2.45) is 5.92 Å². The fourth-order valence-electron chi connectivity index (χ4n) is 2.82. The average molecular weight is 322 g/mol. The Morgan fingerprint density at radius 2 is 2.13 bits per heavy atom. The van der Waals surface area contributed by atoms with Gasteiger partial charge in [-0.15, -0.1) is 0 Å². The van der Waals surface area contributed by atoms with Crippen molar-refractivity contribution in [2.45, 2.75) is 6.42 Å². The summed E-state index contributed by atoms with van der Waals surface area (Å²) in [6.45, 7) is 4.45. The molecule has 0 unspecified atom stereocenters. The molecule has 0 radical (unpaired) electrons. The van der Waals surface area contributed by atoms with Gasteiger partial charge in [0, 0.05) is 32.8 Å². The third kappa shape index (κ3) is 4.84. The molecular weight excluding hydrogens is 296 g/mol. The van der Waals surface area contributed by atoms with E-state index < -0.39 is 0 Å². The van der Waals surface area contributed by atoms with Crippen molar-refractivity contribution in [1.29, 1.82) is 0 Å². The van der Waals surface area contributed by atoms with Crippen molar-refractivity contribution in [3.63, 3.8) is 0 Å². The van der Waals surface area contributed by atoms with E-state index in [0.717, 1.165) is 32.7 Å². The minimum Gasteiger partial charge on any atom is -0.497 e. The number of nitrogens with zero attached hydrogens (tertiary/aromatic N) is 1. The van der Waals surface area contributed by atoms with E-state index in [1.807, 2.05) is 0 Å². The monoisotopic (exact) mass is 322 g/mol. The first-order valence-electron chi connectivity index (χ1n) is 7.89. The van der Waals surface area contributed by atoms with E-state index in [-0.39, 0.29) is 5.91 Å². The molecule has 0 spiro atoms. The molecule has 0 bridgehead atoms. The lowest BCUT2D eigenvalue weighted by Crippen LogP contribution is -2.32. The minimum atomic E-state index is -0.111. The third-order valence-electron chi connectivity index (χ3n) is 4.19. The first kappa shape index (κ1) is 17.6. The Hall–Kier alpha value is -1.79. The number of carbonyl (C=O) groups excluding carboxylic acids is 1. The zero-order valence-corrected chi connectivity index (χ0v) is 14.1. The molecule has 1 fully saturated rings. The molecule has 1 aliphatic heterocycles. The predicted molar refractivity (Wildman–Crippen MR) is 88.3 cm³/mol. The first-order chi connectivity index (χ1) is 11.2. The molecular formula is C17H26N2O4. The Balaban J connectivity index is 1.86. The van der Waals surface area contributed by atoms with E-state index in [9.17, 15) is 4.79 Å². The summed E-state index contributed by atoms with van der Waals surface area (Å²) in [6.07, 6.45) is 1.10. The van der Waals surface area contributed by atoms with Crippen LogP contribution in [0.15, 0.2) is 18.2 Å². The zero-order valence-electron chi connectivity index (χ0n) is 14.1. The number of ether oxygens (including phenoxy) is 3. The van der Waals surface area contributed by atoms with Gasteiger partial charge in [0.2, 0.25) is 0 Å². The Kier molecular flexibility index (Phi) is 6.67. The van der Waals surface area contributed by atoms with Gasteiger partial charge in [-0.3, -0.25) is 4.79 Å². The molecule has 0 aromatic heterocycles. The maximum absolute atomic E-state index is 12.4. The molecule has 23 heavy (non-hydrogen) atoms. The van der Waals surface area contributed by atoms with Crippen molar-refractivity contribution in [1.82, 2.24) is 10.2 Å². The lowest BCUT2D eigenvalue weighted by molar-refractivity contribution is 0.0943. The van der Waals surface area contributed by atoms with Crippen LogP contribution in [0.25, 0.3) is 0 Å². The largest absolute Gasteiger partial charge is 0.497 e. The highest BCUT2D eigenvalue weighted by atomic mass is 16.5. The maximum atomic E-state index is 12.4. The molecule has 1 aromatic carbocycles. The molecule has 6 heteroatoms. The second-order valence-electron chi connectivity index (χ2n) is 5.72. The number of methoxy groups -OCH3 is 3. The Bertz CT molecular complexity index is 521. The molecule has 6 nitrogen and oxygen atoms in total. The van der Waals surface area contributed by atoms with Crippen LogP contribution in [0.1, 0.15) is 16.8 Å². The van der Waals surface area contributed by atoms with Gasteiger partial charge in [-0.25, -0.2) is 0 Å². The van der Waals surface area contributed by atoms with Gasteiger partial charge in [0.05, 0.1) is 26.4 Å². The molecule has 2 rings (SSSR count). The number of hydrogen-bond acceptors (Lipinski definition) is 5. The van der Waals surface area contributed by atoms with Gasteiger partial charge >= 0.3 is 0 Å². The van der Waals surface area contributed by atoms with Crippen LogP contribution in [0.2, 0.25) is 0 Å². The van der Waals surface area contributed by atoms with Crippen LogP contribution in [0, 0.1) is 5.92 Å². The van der Waals surface area contributed by atoms with Gasteiger partial charge in [-0.1, -0.05) is 0 Å². The average Bonchev–Trinajstić information content (AvgIpc) is 3.05. The molecule has 0 aliphatic carbocycles. The Morgan fingerprint density at radius 1 is 1.30 bits per heavy atom. The number of carbonyl (C=O) groups is 1. The molecule has 1 amide bonds. The van der Waals surface area contributed by atoms with Gasteiger partial charge in [-0.05, 0) is 31.0 Å². The van der Waals surface area contributed by atoms with Crippen molar-refractivity contribution in [3.8, 4) is 11.5 Å². The summed E-state index contributed by atoms with van der Waals surface area (Å²) in [5.74, 6) is 1.57. The second kappa shape index (κ2) is 8.74. The molecule has 1 heterocycles. The molecule has 1 aromatic rings. The van der Waals surface area contributed by atoms with Gasteiger partial charge in [0.15, 0.2) is 0 Å². The zero-order chi connectivity index (χ0) is 16.7. The smallest absolute Gasteiger partial charge is 0.255 e. The van der Waals surface area contributed by atoms with Gasteiger partial charge in [-0.2, -0.15) is 0 Å². The number of benzene rings is 1. The van der Waals surface area contributed by atoms with Crippen LogP contribution in [0.5, 0.6) is 11.5 Å². The SMILES string of the molecule is COCCN1CC[C@H](CNC(=O)c2ccc(OC)cc2OC)C1. The van der Waals surface area contributed by atoms with Gasteiger partial charge in [0.25, 0.3) is 5.91 Å². The Labute approximate surface area is 137 Å². The lowest BCUT2D eigenvalue weighted by Gasteiger charge is -2.16. The summed E-state index contributed by atoms with van der Waals surface area (Å²) in [7, 11) is 4.86. The van der Waals surface area contributed by atoms with Crippen LogP contribution in [0.4, 0.5) is 0 Å². The number of rotatable bonds is 8. The standard InChI is InChI=1S/C17H26N2O4/c1-21-9-8-19-7-6-13(12-19)11-18-17(20)15-5-4-14(22-2)10-16(15)23-3/h4-5,10,13H,6-9,11-12H2,1-3H3,(H,18,20)/t13-/m1/s1. The summed E-state index contributed by atoms with van der Waals surface area (Å²) in [5, 5.41) is 3.01. The van der Waals surface area contributed by atoms with Crippen LogP contribution in [-0.2, 0) is 4.74 Å². The van der Waals surface area contributed by atoms with Gasteiger partial charge in [0.1, 0.15) is 11.5 Å². The quantitative estimate of drug-likeness (QED) is 0.784. The summed E-state index contributed by atoms with van der Waals surface area (Å²) >= 11 is 0. The number of amides is 1. The van der Waals surface area contributed by atoms with E-state index in [4.69, 9.17) is 14.2 Å². The minimum absolute atomic E-state index is 0.111. The van der Waals surface area contributed by atoms with Crippen LogP contribution < -0.4 is 14.8 Å². The Morgan fingerprint density at radius 3 is 2.83 bits per heavy atom. The van der Waals surface area contributed by atoms with Crippen molar-refractivity contribution < 1.29 is 19.0 Å². The summed E-state index contributed by atoms with van der Waals surface area (Å²) in [5.41, 5.74) is 0.530. The highest BCUT2D eigenvalue weighted by molar-refractivity contribution is 5.97. The van der Waals surface area contributed by atoms with E-state index in [1.165, 1.54) is 0 Å². The fourth-order valence-corrected chi connectivity index (χ4v) is 2.82. The molecule has 1 atom stereocenters. The highest BCUT2D eigenvalue weighted by Crippen LogP contribution is 2.24. The van der Waals surface area contributed by atoms with E-state index >= 15 is 0 Å². The van der Waals surface area contributed by atoms with Crippen LogP contribution in [-0.4, -0.2) is 64.9 Å². The molecule has 1 aliphatic rings. The second-order valence-corrected chi connectivity index (χ2v) is 5.72. The van der Waals surface area contributed by atoms with E-state index in [2.05, 4.69) is 10.2 Å². The van der Waals surface area contributed by atoms with Crippen molar-refractivity contribution >= 4 is 5.91 Å². The molecule has 128 valence electrons. The molecule has 1 N–H and O–H groups in total. The summed E-state index contributed by atoms with van der Waals surface area (Å²) in [4.78, 5) is 14.7. The van der Waals surface area contributed by atoms with E-state index in [0.29, 0.717) is 29.5 Å². The number of likely N-dealkylation sites (tertiary alicyclic amines) is 1. The maximum Gasteiger partial charge on any atom is 0.255 e. The predicted octanol–water partition coefficient (Wildman–Crippen LogP) is 1.40. The summed E-state index contributed by atoms with van der Waals surface area (Å²) < 4.78 is 15.5. The normalized spacial score (nSPS) is 18.0.